The fourth-order valence-corrected chi connectivity index (χ4v) is 4.12. The van der Waals surface area contributed by atoms with Crippen LogP contribution in [0.15, 0.2) is 29.4 Å². The summed E-state index contributed by atoms with van der Waals surface area (Å²) in [4.78, 5) is 22.7. The standard InChI is InChI=1S/C20H27N3O3/c24-20(16-11-13-19(14-12-16)23(25)26)15-21-22(17-7-3-1-4-8-17)18-9-5-2-6-10-18/h11-15,17-18H,1-10H2/b21-15-. The first kappa shape index (κ1) is 18.5. The molecule has 0 heterocycles. The van der Waals surface area contributed by atoms with Gasteiger partial charge in [0.25, 0.3) is 5.69 Å². The van der Waals surface area contributed by atoms with E-state index in [1.165, 1.54) is 69.0 Å². The zero-order valence-electron chi connectivity index (χ0n) is 15.2. The van der Waals surface area contributed by atoms with E-state index in [1.54, 1.807) is 0 Å². The highest BCUT2D eigenvalue weighted by Crippen LogP contribution is 2.30. The van der Waals surface area contributed by atoms with Crippen LogP contribution in [0.25, 0.3) is 0 Å². The van der Waals surface area contributed by atoms with Crippen LogP contribution in [-0.4, -0.2) is 34.0 Å². The summed E-state index contributed by atoms with van der Waals surface area (Å²) in [5.74, 6) is -0.198. The predicted octanol–water partition coefficient (Wildman–Crippen LogP) is 4.73. The first-order valence-corrected chi connectivity index (χ1v) is 9.76. The summed E-state index contributed by atoms with van der Waals surface area (Å²) < 4.78 is 0. The maximum Gasteiger partial charge on any atom is 0.269 e. The minimum atomic E-state index is -0.462. The van der Waals surface area contributed by atoms with Crippen LogP contribution in [0.5, 0.6) is 0 Å². The molecular weight excluding hydrogens is 330 g/mol. The third-order valence-electron chi connectivity index (χ3n) is 5.57. The van der Waals surface area contributed by atoms with Crippen molar-refractivity contribution in [2.45, 2.75) is 76.3 Å². The number of non-ortho nitro benzene ring substituents is 1. The molecule has 6 nitrogen and oxygen atoms in total. The number of carbonyl (C=O) groups excluding carboxylic acids is 1. The highest BCUT2D eigenvalue weighted by atomic mass is 16.6. The number of hydrogen-bond acceptors (Lipinski definition) is 5. The van der Waals surface area contributed by atoms with E-state index >= 15 is 0 Å². The molecule has 0 aliphatic heterocycles. The van der Waals surface area contributed by atoms with E-state index in [2.05, 4.69) is 10.1 Å². The maximum atomic E-state index is 12.5. The minimum absolute atomic E-state index is 0.00970. The van der Waals surface area contributed by atoms with Gasteiger partial charge in [0.2, 0.25) is 5.78 Å². The molecule has 0 aromatic heterocycles. The van der Waals surface area contributed by atoms with E-state index in [-0.39, 0.29) is 11.5 Å². The van der Waals surface area contributed by atoms with Crippen molar-refractivity contribution in [3.63, 3.8) is 0 Å². The Bertz CT molecular complexity index is 627. The first-order chi connectivity index (χ1) is 12.6. The molecule has 0 saturated heterocycles. The van der Waals surface area contributed by atoms with Crippen molar-refractivity contribution in [2.24, 2.45) is 5.10 Å². The number of benzene rings is 1. The number of hydrogen-bond donors (Lipinski definition) is 0. The van der Waals surface area contributed by atoms with E-state index in [4.69, 9.17) is 0 Å². The lowest BCUT2D eigenvalue weighted by molar-refractivity contribution is -0.384. The van der Waals surface area contributed by atoms with E-state index in [0.29, 0.717) is 17.6 Å². The Hall–Kier alpha value is -2.24. The second-order valence-corrected chi connectivity index (χ2v) is 7.38. The van der Waals surface area contributed by atoms with Gasteiger partial charge in [0, 0.05) is 29.8 Å². The second-order valence-electron chi connectivity index (χ2n) is 7.38. The summed E-state index contributed by atoms with van der Waals surface area (Å²) in [5, 5.41) is 17.6. The second kappa shape index (κ2) is 8.92. The Morgan fingerprint density at radius 3 is 1.92 bits per heavy atom. The molecule has 26 heavy (non-hydrogen) atoms. The minimum Gasteiger partial charge on any atom is -0.291 e. The van der Waals surface area contributed by atoms with Gasteiger partial charge in [0.05, 0.1) is 11.1 Å². The molecule has 3 rings (SSSR count). The quantitative estimate of drug-likeness (QED) is 0.319. The normalized spacial score (nSPS) is 19.5. The summed E-state index contributed by atoms with van der Waals surface area (Å²) in [6.07, 6.45) is 13.5. The number of nitrogens with zero attached hydrogens (tertiary/aromatic N) is 3. The molecule has 2 aliphatic rings. The SMILES string of the molecule is O=C(/C=N\N(C1CCCCC1)C1CCCCC1)c1ccc([N+](=O)[O-])cc1. The molecule has 2 fully saturated rings. The van der Waals surface area contributed by atoms with Crippen molar-refractivity contribution in [2.75, 3.05) is 0 Å². The predicted molar refractivity (Wildman–Crippen MR) is 102 cm³/mol. The lowest BCUT2D eigenvalue weighted by Crippen LogP contribution is -2.41. The Kier molecular flexibility index (Phi) is 6.36. The van der Waals surface area contributed by atoms with Crippen molar-refractivity contribution in [3.05, 3.63) is 39.9 Å². The molecule has 1 aromatic carbocycles. The number of hydrazone groups is 1. The van der Waals surface area contributed by atoms with Crippen LogP contribution < -0.4 is 0 Å². The summed E-state index contributed by atoms with van der Waals surface area (Å²) in [6, 6.07) is 6.60. The van der Waals surface area contributed by atoms with Gasteiger partial charge < -0.3 is 0 Å². The summed E-state index contributed by atoms with van der Waals surface area (Å²) >= 11 is 0. The Morgan fingerprint density at radius 1 is 0.962 bits per heavy atom. The number of nitro groups is 1. The van der Waals surface area contributed by atoms with E-state index < -0.39 is 4.92 Å². The average Bonchev–Trinajstić information content (AvgIpc) is 2.69. The molecule has 140 valence electrons. The lowest BCUT2D eigenvalue weighted by Gasteiger charge is -2.39. The van der Waals surface area contributed by atoms with Crippen LogP contribution in [0.2, 0.25) is 0 Å². The zero-order chi connectivity index (χ0) is 18.4. The van der Waals surface area contributed by atoms with Gasteiger partial charge in [0.1, 0.15) is 0 Å². The molecule has 0 amide bonds. The molecule has 2 saturated carbocycles. The van der Waals surface area contributed by atoms with E-state index in [1.807, 2.05) is 0 Å². The van der Waals surface area contributed by atoms with Crippen molar-refractivity contribution >= 4 is 17.7 Å². The van der Waals surface area contributed by atoms with Crippen LogP contribution in [0.4, 0.5) is 5.69 Å². The van der Waals surface area contributed by atoms with Gasteiger partial charge >= 0.3 is 0 Å². The lowest BCUT2D eigenvalue weighted by atomic mass is 9.90. The van der Waals surface area contributed by atoms with Crippen LogP contribution >= 0.6 is 0 Å². The van der Waals surface area contributed by atoms with Crippen LogP contribution in [0.1, 0.15) is 74.6 Å². The molecule has 0 unspecified atom stereocenters. The molecule has 0 spiro atoms. The Labute approximate surface area is 154 Å². The smallest absolute Gasteiger partial charge is 0.269 e. The maximum absolute atomic E-state index is 12.5. The first-order valence-electron chi connectivity index (χ1n) is 9.76. The van der Waals surface area contributed by atoms with E-state index in [9.17, 15) is 14.9 Å². The van der Waals surface area contributed by atoms with Gasteiger partial charge in [0.15, 0.2) is 0 Å². The van der Waals surface area contributed by atoms with Crippen LogP contribution in [0.3, 0.4) is 0 Å². The molecule has 6 heteroatoms. The third-order valence-corrected chi connectivity index (χ3v) is 5.57. The number of nitro benzene ring substituents is 1. The average molecular weight is 357 g/mol. The number of carbonyl (C=O) groups is 1. The fourth-order valence-electron chi connectivity index (χ4n) is 4.12. The van der Waals surface area contributed by atoms with Gasteiger partial charge in [-0.3, -0.25) is 19.9 Å². The summed E-state index contributed by atoms with van der Waals surface area (Å²) in [6.45, 7) is 0. The molecular formula is C20H27N3O3. The Balaban J connectivity index is 1.71. The molecule has 0 bridgehead atoms. The van der Waals surface area contributed by atoms with Gasteiger partial charge in [-0.25, -0.2) is 0 Å². The van der Waals surface area contributed by atoms with Gasteiger partial charge in [-0.2, -0.15) is 5.10 Å². The van der Waals surface area contributed by atoms with Crippen molar-refractivity contribution in [3.8, 4) is 0 Å². The van der Waals surface area contributed by atoms with E-state index in [0.717, 1.165) is 25.7 Å². The number of Topliss-reactive ketones (excluding diaryl/α,β-unsaturated/α-hetero) is 1. The summed E-state index contributed by atoms with van der Waals surface area (Å²) in [7, 11) is 0. The van der Waals surface area contributed by atoms with Gasteiger partial charge in [-0.1, -0.05) is 38.5 Å². The molecule has 2 aliphatic carbocycles. The van der Waals surface area contributed by atoms with Crippen LogP contribution in [-0.2, 0) is 0 Å². The molecule has 0 N–H and O–H groups in total. The van der Waals surface area contributed by atoms with Crippen molar-refractivity contribution in [1.82, 2.24) is 5.01 Å². The van der Waals surface area contributed by atoms with Crippen LogP contribution in [0, 0.1) is 10.1 Å². The largest absolute Gasteiger partial charge is 0.291 e. The van der Waals surface area contributed by atoms with Crippen molar-refractivity contribution in [1.29, 1.82) is 0 Å². The van der Waals surface area contributed by atoms with Gasteiger partial charge in [-0.05, 0) is 37.8 Å². The van der Waals surface area contributed by atoms with Gasteiger partial charge in [-0.15, -0.1) is 0 Å². The summed E-state index contributed by atoms with van der Waals surface area (Å²) in [5.41, 5.74) is 0.427. The molecule has 1 aromatic rings. The Morgan fingerprint density at radius 2 is 1.46 bits per heavy atom. The topological polar surface area (TPSA) is 75.8 Å². The molecule has 0 atom stereocenters. The fraction of sp³-hybridized carbons (Fsp3) is 0.600. The number of ketones is 1. The van der Waals surface area contributed by atoms with Crippen molar-refractivity contribution < 1.29 is 9.72 Å². The molecule has 0 radical (unpaired) electrons. The zero-order valence-corrected chi connectivity index (χ0v) is 15.2. The highest BCUT2D eigenvalue weighted by Gasteiger charge is 2.27. The monoisotopic (exact) mass is 357 g/mol. The number of rotatable bonds is 6. The highest BCUT2D eigenvalue weighted by molar-refractivity contribution is 6.35. The third kappa shape index (κ3) is 4.68.